The Bertz CT molecular complexity index is 3410. The van der Waals surface area contributed by atoms with Crippen LogP contribution in [-0.2, 0) is 31.3 Å². The number of carbonyl (C=O) groups excluding carboxylic acids is 4. The SMILES string of the molecule is CCCCCCCCC1C(CCCCCC)CCC(CCCCCCCCC(C)(C)n2c(=O)c3cc4c(=O)n(CCCCCCCCC5(CCCCCCCCC(C)(CC(C)CCCC)N6C(=O)C=CC6=O)CCCC(CCCCCC)C5CCCCCCCC)c(=O)c4cc3c2=O)C1CCCCCCCCN1C(=O)C=CC1=O. The Morgan fingerprint density at radius 3 is 1.19 bits per heavy atom. The van der Waals surface area contributed by atoms with Gasteiger partial charge >= 0.3 is 0 Å². The van der Waals surface area contributed by atoms with E-state index in [0.717, 1.165) is 132 Å². The van der Waals surface area contributed by atoms with Crippen molar-refractivity contribution in [1.29, 1.82) is 0 Å². The highest BCUT2D eigenvalue weighted by molar-refractivity contribution is 6.14. The van der Waals surface area contributed by atoms with Crippen molar-refractivity contribution in [3.8, 4) is 0 Å². The first-order chi connectivity index (χ1) is 55.3. The molecule has 0 N–H and O–H groups in total. The van der Waals surface area contributed by atoms with E-state index in [0.29, 0.717) is 30.8 Å². The summed E-state index contributed by atoms with van der Waals surface area (Å²) >= 11 is 0. The maximum Gasteiger partial charge on any atom is 0.262 e. The molecule has 2 fully saturated rings. The number of amides is 4. The number of aromatic nitrogens is 2. The van der Waals surface area contributed by atoms with Crippen LogP contribution in [-0.4, -0.2) is 54.6 Å². The average molecular weight is 1580 g/mol. The van der Waals surface area contributed by atoms with Crippen LogP contribution < -0.4 is 22.2 Å². The molecule has 2 aliphatic heterocycles. The number of imide groups is 2. The van der Waals surface area contributed by atoms with Crippen LogP contribution in [0, 0.1) is 46.8 Å². The molecule has 0 spiro atoms. The van der Waals surface area contributed by atoms with E-state index in [4.69, 9.17) is 0 Å². The lowest BCUT2D eigenvalue weighted by molar-refractivity contribution is -0.145. The standard InChI is InChI=1S/C102H170N4O8/c1-10-15-20-24-35-47-62-85-82(58-44-22-17-12-3)65-66-83(86(85)63-48-36-27-32-42-54-76-103-92(107)67-68-93(103)108)59-46-34-26-28-38-50-71-100(7,8)106-98(113)89-78-87-88(79-90(89)99(106)114)97(112)104(96(87)111)77-55-43-33-31-41-53-74-102(75-56-61-84(60-45-23-18-13-4)91(102)64-49-37-25-21-16-11-2)73-52-40-30-29-39-51-72-101(9,80-81(6)57-19-14-5)105-94(109)69-70-95(105)110/h67-70,78-79,81-86,91H,10-66,71-77,80H2,1-9H3. The van der Waals surface area contributed by atoms with Gasteiger partial charge in [-0.1, -0.05) is 363 Å². The number of carbonyl (C=O) groups is 4. The van der Waals surface area contributed by atoms with Crippen LogP contribution in [0.3, 0.4) is 0 Å². The van der Waals surface area contributed by atoms with Gasteiger partial charge in [-0.15, -0.1) is 0 Å². The van der Waals surface area contributed by atoms with Gasteiger partial charge in [0.1, 0.15) is 0 Å². The third kappa shape index (κ3) is 30.2. The van der Waals surface area contributed by atoms with Crippen LogP contribution in [0.5, 0.6) is 0 Å². The van der Waals surface area contributed by atoms with Crippen LogP contribution >= 0.6 is 0 Å². The molecule has 4 aliphatic rings. The fourth-order valence-corrected chi connectivity index (χ4v) is 22.7. The van der Waals surface area contributed by atoms with Gasteiger partial charge in [-0.3, -0.25) is 57.3 Å². The molecule has 0 saturated heterocycles. The fraction of sp³-hybridized carbons (Fsp3) is 0.824. The van der Waals surface area contributed by atoms with Crippen molar-refractivity contribution in [3.63, 3.8) is 0 Å². The van der Waals surface area contributed by atoms with Crippen LogP contribution in [0.1, 0.15) is 467 Å². The van der Waals surface area contributed by atoms with Crippen molar-refractivity contribution in [1.82, 2.24) is 18.9 Å². The first kappa shape index (κ1) is 96.4. The zero-order valence-electron chi connectivity index (χ0n) is 75.0. The predicted molar refractivity (Wildman–Crippen MR) is 481 cm³/mol. The van der Waals surface area contributed by atoms with Crippen molar-refractivity contribution in [2.24, 2.45) is 46.8 Å². The predicted octanol–water partition coefficient (Wildman–Crippen LogP) is 27.3. The van der Waals surface area contributed by atoms with Gasteiger partial charge in [-0.2, -0.15) is 0 Å². The van der Waals surface area contributed by atoms with Crippen molar-refractivity contribution in [3.05, 3.63) is 77.9 Å². The van der Waals surface area contributed by atoms with Gasteiger partial charge in [0, 0.05) is 48.5 Å². The van der Waals surface area contributed by atoms with E-state index in [2.05, 4.69) is 48.5 Å². The highest BCUT2D eigenvalue weighted by Gasteiger charge is 2.45. The molecule has 4 amide bonds. The number of fused-ring (bicyclic) bond motifs is 2. The molecule has 2 aromatic heterocycles. The quantitative estimate of drug-likeness (QED) is 0.0400. The van der Waals surface area contributed by atoms with Crippen LogP contribution in [0.15, 0.2) is 55.6 Å². The molecule has 1 aromatic carbocycles. The van der Waals surface area contributed by atoms with E-state index in [1.807, 2.05) is 13.8 Å². The molecule has 9 atom stereocenters. The molecule has 4 heterocycles. The molecule has 12 nitrogen and oxygen atoms in total. The molecular formula is C102H170N4O8. The van der Waals surface area contributed by atoms with Crippen molar-refractivity contribution >= 4 is 45.2 Å². The number of hydrogen-bond donors (Lipinski definition) is 0. The summed E-state index contributed by atoms with van der Waals surface area (Å²) in [5.41, 5.74) is -2.16. The van der Waals surface area contributed by atoms with E-state index < -0.39 is 11.1 Å². The topological polar surface area (TPSA) is 153 Å². The van der Waals surface area contributed by atoms with Gasteiger partial charge < -0.3 is 0 Å². The Morgan fingerprint density at radius 1 is 0.368 bits per heavy atom. The van der Waals surface area contributed by atoms with Crippen LogP contribution in [0.2, 0.25) is 0 Å². The van der Waals surface area contributed by atoms with E-state index >= 15 is 0 Å². The highest BCUT2D eigenvalue weighted by Crippen LogP contribution is 2.55. The van der Waals surface area contributed by atoms with Crippen molar-refractivity contribution < 1.29 is 19.2 Å². The smallest absolute Gasteiger partial charge is 0.262 e. The summed E-state index contributed by atoms with van der Waals surface area (Å²) in [6, 6.07) is 3.11. The summed E-state index contributed by atoms with van der Waals surface area (Å²) < 4.78 is 2.78. The molecule has 2 aliphatic carbocycles. The second-order valence-electron chi connectivity index (χ2n) is 38.8. The van der Waals surface area contributed by atoms with Gasteiger partial charge in [0.05, 0.1) is 21.5 Å². The minimum absolute atomic E-state index is 0.143. The molecule has 646 valence electrons. The average Bonchev–Trinajstić information content (AvgIpc) is 1.57. The highest BCUT2D eigenvalue weighted by atomic mass is 16.2. The lowest BCUT2D eigenvalue weighted by Crippen LogP contribution is -2.50. The Hall–Kier alpha value is -4.74. The second kappa shape index (κ2) is 53.0. The molecule has 3 aromatic rings. The molecule has 114 heavy (non-hydrogen) atoms. The van der Waals surface area contributed by atoms with Crippen molar-refractivity contribution in [2.45, 2.75) is 484 Å². The Labute approximate surface area is 695 Å². The maximum absolute atomic E-state index is 14.3. The first-order valence-corrected chi connectivity index (χ1v) is 49.3. The molecule has 2 saturated carbocycles. The Morgan fingerprint density at radius 2 is 0.728 bits per heavy atom. The molecule has 7 rings (SSSR count). The third-order valence-corrected chi connectivity index (χ3v) is 29.3. The zero-order chi connectivity index (χ0) is 82.0. The Kier molecular flexibility index (Phi) is 44.8. The summed E-state index contributed by atoms with van der Waals surface area (Å²) in [5, 5.41) is 0.994. The summed E-state index contributed by atoms with van der Waals surface area (Å²) in [6.45, 7) is 20.9. The van der Waals surface area contributed by atoms with E-state index in [9.17, 15) is 38.4 Å². The number of nitrogens with zero attached hydrogens (tertiary/aromatic N) is 4. The molecule has 12 heteroatoms. The lowest BCUT2D eigenvalue weighted by Gasteiger charge is -2.50. The second-order valence-corrected chi connectivity index (χ2v) is 38.8. The van der Waals surface area contributed by atoms with Gasteiger partial charge in [0.15, 0.2) is 0 Å². The monoisotopic (exact) mass is 1580 g/mol. The minimum Gasteiger partial charge on any atom is -0.275 e. The minimum atomic E-state index is -0.716. The summed E-state index contributed by atoms with van der Waals surface area (Å²) in [6.07, 6.45) is 84.1. The van der Waals surface area contributed by atoms with Crippen LogP contribution in [0.4, 0.5) is 0 Å². The van der Waals surface area contributed by atoms with Gasteiger partial charge in [0.25, 0.3) is 45.9 Å². The molecule has 9 unspecified atom stereocenters. The Balaban J connectivity index is 0.876. The number of unbranched alkanes of at least 4 members (excludes halogenated alkanes) is 37. The molecule has 0 radical (unpaired) electrons. The van der Waals surface area contributed by atoms with E-state index in [-0.39, 0.29) is 67.4 Å². The van der Waals surface area contributed by atoms with Crippen LogP contribution in [0.25, 0.3) is 21.5 Å². The number of benzene rings is 1. The maximum atomic E-state index is 14.3. The first-order valence-electron chi connectivity index (χ1n) is 49.3. The number of hydrogen-bond acceptors (Lipinski definition) is 8. The number of rotatable bonds is 67. The fourth-order valence-electron chi connectivity index (χ4n) is 22.7. The largest absolute Gasteiger partial charge is 0.275 e. The summed E-state index contributed by atoms with van der Waals surface area (Å²) in [4.78, 5) is 110. The third-order valence-electron chi connectivity index (χ3n) is 29.3. The van der Waals surface area contributed by atoms with Gasteiger partial charge in [-0.05, 0) is 163 Å². The van der Waals surface area contributed by atoms with Gasteiger partial charge in [0.2, 0.25) is 0 Å². The molecule has 0 bridgehead atoms. The normalized spacial score (nSPS) is 21.0. The van der Waals surface area contributed by atoms with E-state index in [1.165, 1.54) is 340 Å². The van der Waals surface area contributed by atoms with Gasteiger partial charge in [-0.25, -0.2) is 0 Å². The zero-order valence-corrected chi connectivity index (χ0v) is 75.0. The van der Waals surface area contributed by atoms with Crippen molar-refractivity contribution in [2.75, 3.05) is 6.54 Å². The van der Waals surface area contributed by atoms with E-state index in [1.54, 1.807) is 17.0 Å². The molecular weight excluding hydrogens is 1410 g/mol. The summed E-state index contributed by atoms with van der Waals surface area (Å²) in [7, 11) is 0. The summed E-state index contributed by atoms with van der Waals surface area (Å²) in [5.74, 6) is 4.89. The lowest BCUT2D eigenvalue weighted by atomic mass is 9.55.